The summed E-state index contributed by atoms with van der Waals surface area (Å²) >= 11 is 0. The smallest absolute Gasteiger partial charge is 0.243 e. The number of benzene rings is 1. The summed E-state index contributed by atoms with van der Waals surface area (Å²) < 4.78 is 28.0. The third-order valence-electron chi connectivity index (χ3n) is 3.08. The summed E-state index contributed by atoms with van der Waals surface area (Å²) in [5.41, 5.74) is 0. The molecule has 2 heterocycles. The summed E-state index contributed by atoms with van der Waals surface area (Å²) in [6.07, 6.45) is 1.60. The van der Waals surface area contributed by atoms with Crippen LogP contribution in [-0.4, -0.2) is 39.1 Å². The van der Waals surface area contributed by atoms with Crippen LogP contribution in [0, 0.1) is 0 Å². The van der Waals surface area contributed by atoms with Crippen molar-refractivity contribution in [2.45, 2.75) is 18.0 Å². The first-order valence-electron chi connectivity index (χ1n) is 5.73. The Morgan fingerprint density at radius 3 is 2.63 bits per heavy atom. The van der Waals surface area contributed by atoms with Crippen molar-refractivity contribution in [3.8, 4) is 5.75 Å². The van der Waals surface area contributed by atoms with Gasteiger partial charge in [0.2, 0.25) is 10.0 Å². The molecule has 0 fully saturated rings. The molecule has 3 rings (SSSR count). The fraction of sp³-hybridized carbons (Fsp3) is 0.273. The second kappa shape index (κ2) is 4.32. The van der Waals surface area contributed by atoms with Gasteiger partial charge in [-0.3, -0.25) is 0 Å². The average molecular weight is 280 g/mol. The lowest BCUT2D eigenvalue weighted by atomic mass is 10.3. The van der Waals surface area contributed by atoms with Crippen LogP contribution >= 0.6 is 0 Å². The Hall–Kier alpha value is -1.93. The van der Waals surface area contributed by atoms with E-state index in [2.05, 4.69) is 10.2 Å². The van der Waals surface area contributed by atoms with Crippen LogP contribution in [0.3, 0.4) is 0 Å². The Morgan fingerprint density at radius 2 is 1.89 bits per heavy atom. The number of sulfonamides is 1. The van der Waals surface area contributed by atoms with Crippen LogP contribution in [-0.2, 0) is 23.1 Å². The van der Waals surface area contributed by atoms with Gasteiger partial charge in [-0.1, -0.05) is 0 Å². The molecule has 1 aliphatic rings. The molecule has 0 saturated carbocycles. The first-order chi connectivity index (χ1) is 9.07. The first kappa shape index (κ1) is 12.1. The van der Waals surface area contributed by atoms with E-state index in [1.54, 1.807) is 6.33 Å². The van der Waals surface area contributed by atoms with E-state index < -0.39 is 10.0 Å². The lowest BCUT2D eigenvalue weighted by molar-refractivity contribution is 0.335. The number of nitrogens with zero attached hydrogens (tertiary/aromatic N) is 4. The van der Waals surface area contributed by atoms with Crippen molar-refractivity contribution in [3.05, 3.63) is 36.4 Å². The zero-order chi connectivity index (χ0) is 13.5. The zero-order valence-corrected chi connectivity index (χ0v) is 10.8. The topological polar surface area (TPSA) is 88.3 Å². The van der Waals surface area contributed by atoms with Crippen LogP contribution < -0.4 is 0 Å². The van der Waals surface area contributed by atoms with E-state index in [1.807, 2.05) is 4.57 Å². The van der Waals surface area contributed by atoms with Gasteiger partial charge in [-0.2, -0.15) is 4.31 Å². The Labute approximate surface area is 110 Å². The maximum atomic E-state index is 12.4. The van der Waals surface area contributed by atoms with Crippen molar-refractivity contribution in [3.63, 3.8) is 0 Å². The fourth-order valence-electron chi connectivity index (χ4n) is 2.02. The molecular weight excluding hydrogens is 268 g/mol. The summed E-state index contributed by atoms with van der Waals surface area (Å²) in [6, 6.07) is 5.51. The molecule has 0 spiro atoms. The number of aromatic nitrogens is 3. The van der Waals surface area contributed by atoms with Gasteiger partial charge in [-0.15, -0.1) is 10.2 Å². The molecule has 8 heteroatoms. The van der Waals surface area contributed by atoms with Crippen molar-refractivity contribution in [2.24, 2.45) is 0 Å². The quantitative estimate of drug-likeness (QED) is 0.848. The minimum Gasteiger partial charge on any atom is -0.508 e. The first-order valence-corrected chi connectivity index (χ1v) is 7.17. The zero-order valence-electron chi connectivity index (χ0n) is 9.97. The molecular formula is C11H12N4O3S. The maximum absolute atomic E-state index is 12.4. The SMILES string of the molecule is O=S(=O)(c1ccc(O)cc1)N1CCn2cnnc2C1. The van der Waals surface area contributed by atoms with E-state index in [4.69, 9.17) is 0 Å². The van der Waals surface area contributed by atoms with Gasteiger partial charge in [0.15, 0.2) is 0 Å². The number of phenols is 1. The highest BCUT2D eigenvalue weighted by Crippen LogP contribution is 2.22. The van der Waals surface area contributed by atoms with Gasteiger partial charge in [0.05, 0.1) is 11.4 Å². The largest absolute Gasteiger partial charge is 0.508 e. The summed E-state index contributed by atoms with van der Waals surface area (Å²) in [5, 5.41) is 16.9. The van der Waals surface area contributed by atoms with Crippen LogP contribution in [0.2, 0.25) is 0 Å². The third kappa shape index (κ3) is 2.08. The Kier molecular flexibility index (Phi) is 2.76. The Morgan fingerprint density at radius 1 is 1.16 bits per heavy atom. The van der Waals surface area contributed by atoms with Crippen molar-refractivity contribution in [1.82, 2.24) is 19.1 Å². The van der Waals surface area contributed by atoms with Crippen molar-refractivity contribution in [2.75, 3.05) is 6.54 Å². The molecule has 0 atom stereocenters. The van der Waals surface area contributed by atoms with E-state index in [-0.39, 0.29) is 17.2 Å². The minimum atomic E-state index is -3.56. The summed E-state index contributed by atoms with van der Waals surface area (Å²) in [5.74, 6) is 0.672. The van der Waals surface area contributed by atoms with Crippen LogP contribution in [0.4, 0.5) is 0 Å². The second-order valence-corrected chi connectivity index (χ2v) is 6.21. The van der Waals surface area contributed by atoms with E-state index in [0.717, 1.165) is 0 Å². The Balaban J connectivity index is 1.92. The van der Waals surface area contributed by atoms with Gasteiger partial charge in [0.25, 0.3) is 0 Å². The number of fused-ring (bicyclic) bond motifs is 1. The highest BCUT2D eigenvalue weighted by Gasteiger charge is 2.29. The molecule has 0 radical (unpaired) electrons. The van der Waals surface area contributed by atoms with Gasteiger partial charge < -0.3 is 9.67 Å². The molecule has 0 amide bonds. The predicted molar refractivity (Wildman–Crippen MR) is 65.7 cm³/mol. The van der Waals surface area contributed by atoms with Crippen molar-refractivity contribution in [1.29, 1.82) is 0 Å². The molecule has 1 N–H and O–H groups in total. The molecule has 1 aliphatic heterocycles. The standard InChI is InChI=1S/C11H12N4O3S/c16-9-1-3-10(4-2-9)19(17,18)15-6-5-14-8-12-13-11(14)7-15/h1-4,8,16H,5-7H2. The monoisotopic (exact) mass is 280 g/mol. The molecule has 0 saturated heterocycles. The van der Waals surface area contributed by atoms with E-state index in [0.29, 0.717) is 18.9 Å². The van der Waals surface area contributed by atoms with Crippen LogP contribution in [0.25, 0.3) is 0 Å². The maximum Gasteiger partial charge on any atom is 0.243 e. The third-order valence-corrected chi connectivity index (χ3v) is 4.94. The van der Waals surface area contributed by atoms with E-state index >= 15 is 0 Å². The van der Waals surface area contributed by atoms with E-state index in [9.17, 15) is 13.5 Å². The predicted octanol–water partition coefficient (Wildman–Crippen LogP) is 0.188. The second-order valence-electron chi connectivity index (χ2n) is 4.27. The van der Waals surface area contributed by atoms with Crippen LogP contribution in [0.15, 0.2) is 35.5 Å². The average Bonchev–Trinajstić information content (AvgIpc) is 2.86. The van der Waals surface area contributed by atoms with Crippen LogP contribution in [0.1, 0.15) is 5.82 Å². The molecule has 2 aromatic rings. The highest BCUT2D eigenvalue weighted by atomic mass is 32.2. The molecule has 0 aliphatic carbocycles. The minimum absolute atomic E-state index is 0.0392. The van der Waals surface area contributed by atoms with Gasteiger partial charge in [-0.05, 0) is 24.3 Å². The highest BCUT2D eigenvalue weighted by molar-refractivity contribution is 7.89. The summed E-state index contributed by atoms with van der Waals surface area (Å²) in [4.78, 5) is 0.165. The van der Waals surface area contributed by atoms with Gasteiger partial charge >= 0.3 is 0 Å². The van der Waals surface area contributed by atoms with Gasteiger partial charge in [0, 0.05) is 13.1 Å². The van der Waals surface area contributed by atoms with Gasteiger partial charge in [0.1, 0.15) is 17.9 Å². The molecule has 19 heavy (non-hydrogen) atoms. The number of rotatable bonds is 2. The lowest BCUT2D eigenvalue weighted by Gasteiger charge is -2.26. The molecule has 7 nitrogen and oxygen atoms in total. The number of hydrogen-bond acceptors (Lipinski definition) is 5. The molecule has 100 valence electrons. The summed E-state index contributed by atoms with van der Waals surface area (Å²) in [6.45, 7) is 1.14. The number of phenolic OH excluding ortho intramolecular Hbond substituents is 1. The van der Waals surface area contributed by atoms with Crippen LogP contribution in [0.5, 0.6) is 5.75 Å². The van der Waals surface area contributed by atoms with Crippen molar-refractivity contribution >= 4 is 10.0 Å². The lowest BCUT2D eigenvalue weighted by Crippen LogP contribution is -2.38. The Bertz CT molecular complexity index is 693. The normalized spacial score (nSPS) is 16.2. The molecule has 0 bridgehead atoms. The number of aromatic hydroxyl groups is 1. The molecule has 1 aromatic carbocycles. The molecule has 1 aromatic heterocycles. The number of hydrogen-bond donors (Lipinski definition) is 1. The van der Waals surface area contributed by atoms with E-state index in [1.165, 1.54) is 28.6 Å². The van der Waals surface area contributed by atoms with Gasteiger partial charge in [-0.25, -0.2) is 8.42 Å². The molecule has 0 unspecified atom stereocenters. The van der Waals surface area contributed by atoms with Crippen molar-refractivity contribution < 1.29 is 13.5 Å². The summed E-state index contributed by atoms with van der Waals surface area (Å²) in [7, 11) is -3.56. The fourth-order valence-corrected chi connectivity index (χ4v) is 3.40.